The SMILES string of the molecule is COCC(=O)NCC1CCC2(CN(Cc3c(C)noc3C)C2)OC1. The molecule has 7 heteroatoms. The van der Waals surface area contributed by atoms with Crippen molar-refractivity contribution < 1.29 is 18.8 Å². The van der Waals surface area contributed by atoms with Crippen LogP contribution in [0, 0.1) is 19.8 Å². The zero-order valence-electron chi connectivity index (χ0n) is 14.8. The monoisotopic (exact) mass is 337 g/mol. The summed E-state index contributed by atoms with van der Waals surface area (Å²) in [5, 5.41) is 6.91. The minimum atomic E-state index is -0.0629. The van der Waals surface area contributed by atoms with E-state index in [0.717, 1.165) is 43.9 Å². The zero-order chi connectivity index (χ0) is 17.2. The molecule has 2 saturated heterocycles. The Morgan fingerprint density at radius 3 is 2.83 bits per heavy atom. The minimum Gasteiger partial charge on any atom is -0.375 e. The van der Waals surface area contributed by atoms with Crippen molar-refractivity contribution in [2.24, 2.45) is 5.92 Å². The van der Waals surface area contributed by atoms with Gasteiger partial charge in [-0.3, -0.25) is 9.69 Å². The van der Waals surface area contributed by atoms with Crippen LogP contribution in [0.1, 0.15) is 29.9 Å². The maximum atomic E-state index is 11.4. The fraction of sp³-hybridized carbons (Fsp3) is 0.765. The van der Waals surface area contributed by atoms with Gasteiger partial charge < -0.3 is 19.3 Å². The molecular weight excluding hydrogens is 310 g/mol. The van der Waals surface area contributed by atoms with Gasteiger partial charge in [0.2, 0.25) is 5.91 Å². The number of hydrogen-bond acceptors (Lipinski definition) is 6. The predicted molar refractivity (Wildman–Crippen MR) is 87.5 cm³/mol. The van der Waals surface area contributed by atoms with Crippen LogP contribution in [0.25, 0.3) is 0 Å². The number of nitrogens with one attached hydrogen (secondary N) is 1. The van der Waals surface area contributed by atoms with E-state index >= 15 is 0 Å². The first-order chi connectivity index (χ1) is 11.5. The lowest BCUT2D eigenvalue weighted by Crippen LogP contribution is -2.64. The summed E-state index contributed by atoms with van der Waals surface area (Å²) in [6, 6.07) is 0. The molecule has 1 spiro atoms. The van der Waals surface area contributed by atoms with Crippen molar-refractivity contribution in [3.05, 3.63) is 17.0 Å². The molecule has 7 nitrogen and oxygen atoms in total. The molecular formula is C17H27N3O4. The molecule has 1 amide bonds. The van der Waals surface area contributed by atoms with Gasteiger partial charge in [0.15, 0.2) is 0 Å². The predicted octanol–water partition coefficient (Wildman–Crippen LogP) is 1.04. The Balaban J connectivity index is 1.39. The molecule has 1 N–H and O–H groups in total. The van der Waals surface area contributed by atoms with Crippen LogP contribution in [0.15, 0.2) is 4.52 Å². The molecule has 134 valence electrons. The van der Waals surface area contributed by atoms with E-state index in [1.807, 2.05) is 13.8 Å². The van der Waals surface area contributed by atoms with Gasteiger partial charge in [0.1, 0.15) is 12.4 Å². The third-order valence-corrected chi connectivity index (χ3v) is 5.08. The number of carbonyl (C=O) groups is 1. The number of rotatable bonds is 6. The molecule has 1 atom stereocenters. The van der Waals surface area contributed by atoms with Crippen molar-refractivity contribution in [2.45, 2.75) is 38.8 Å². The molecule has 2 aliphatic heterocycles. The van der Waals surface area contributed by atoms with Crippen LogP contribution in [0.2, 0.25) is 0 Å². The lowest BCUT2D eigenvalue weighted by atomic mass is 9.82. The number of ether oxygens (including phenoxy) is 2. The highest BCUT2D eigenvalue weighted by atomic mass is 16.5. The number of amides is 1. The average molecular weight is 337 g/mol. The fourth-order valence-electron chi connectivity index (χ4n) is 3.60. The van der Waals surface area contributed by atoms with Crippen molar-refractivity contribution in [3.8, 4) is 0 Å². The van der Waals surface area contributed by atoms with Gasteiger partial charge in [-0.2, -0.15) is 0 Å². The quantitative estimate of drug-likeness (QED) is 0.836. The normalized spacial score (nSPS) is 23.2. The first-order valence-electron chi connectivity index (χ1n) is 8.55. The number of aryl methyl sites for hydroxylation is 2. The molecule has 1 unspecified atom stereocenters. The highest BCUT2D eigenvalue weighted by Gasteiger charge is 2.46. The number of nitrogens with zero attached hydrogens (tertiary/aromatic N) is 2. The van der Waals surface area contributed by atoms with E-state index in [0.29, 0.717) is 19.1 Å². The number of hydrogen-bond donors (Lipinski definition) is 1. The smallest absolute Gasteiger partial charge is 0.245 e. The van der Waals surface area contributed by atoms with Gasteiger partial charge >= 0.3 is 0 Å². The lowest BCUT2D eigenvalue weighted by molar-refractivity contribution is -0.181. The van der Waals surface area contributed by atoms with Crippen LogP contribution in [-0.2, 0) is 20.8 Å². The Morgan fingerprint density at radius 2 is 2.25 bits per heavy atom. The molecule has 24 heavy (non-hydrogen) atoms. The fourth-order valence-corrected chi connectivity index (χ4v) is 3.60. The van der Waals surface area contributed by atoms with E-state index in [9.17, 15) is 4.79 Å². The molecule has 0 saturated carbocycles. The van der Waals surface area contributed by atoms with Gasteiger partial charge in [-0.15, -0.1) is 0 Å². The van der Waals surface area contributed by atoms with Crippen LogP contribution in [-0.4, -0.2) is 61.5 Å². The Morgan fingerprint density at radius 1 is 1.46 bits per heavy atom. The summed E-state index contributed by atoms with van der Waals surface area (Å²) in [6.07, 6.45) is 2.14. The summed E-state index contributed by atoms with van der Waals surface area (Å²) < 4.78 is 16.2. The van der Waals surface area contributed by atoms with E-state index < -0.39 is 0 Å². The summed E-state index contributed by atoms with van der Waals surface area (Å²) in [6.45, 7) is 8.25. The Bertz CT molecular complexity index is 551. The number of likely N-dealkylation sites (tertiary alicyclic amines) is 1. The first kappa shape index (κ1) is 17.4. The summed E-state index contributed by atoms with van der Waals surface area (Å²) in [7, 11) is 1.53. The van der Waals surface area contributed by atoms with Crippen LogP contribution in [0.3, 0.4) is 0 Å². The maximum absolute atomic E-state index is 11.4. The van der Waals surface area contributed by atoms with E-state index in [4.69, 9.17) is 14.0 Å². The molecule has 0 radical (unpaired) electrons. The molecule has 2 aliphatic rings. The number of methoxy groups -OCH3 is 1. The molecule has 0 bridgehead atoms. The number of carbonyl (C=O) groups excluding carboxylic acids is 1. The van der Waals surface area contributed by atoms with Crippen LogP contribution < -0.4 is 5.32 Å². The minimum absolute atomic E-state index is 0.00596. The van der Waals surface area contributed by atoms with Gasteiger partial charge in [-0.25, -0.2) is 0 Å². The first-order valence-corrected chi connectivity index (χ1v) is 8.55. The molecule has 0 aromatic carbocycles. The van der Waals surface area contributed by atoms with Gasteiger partial charge in [-0.1, -0.05) is 5.16 Å². The number of aromatic nitrogens is 1. The Kier molecular flexibility index (Phi) is 5.22. The third kappa shape index (κ3) is 3.79. The highest BCUT2D eigenvalue weighted by Crippen LogP contribution is 2.37. The molecule has 2 fully saturated rings. The van der Waals surface area contributed by atoms with E-state index in [1.165, 1.54) is 12.7 Å². The van der Waals surface area contributed by atoms with E-state index in [2.05, 4.69) is 15.4 Å². The Labute approximate surface area is 142 Å². The molecule has 0 aliphatic carbocycles. The summed E-state index contributed by atoms with van der Waals surface area (Å²) >= 11 is 0. The largest absolute Gasteiger partial charge is 0.375 e. The molecule has 3 rings (SSSR count). The van der Waals surface area contributed by atoms with Gasteiger partial charge in [-0.05, 0) is 32.6 Å². The molecule has 3 heterocycles. The van der Waals surface area contributed by atoms with E-state index in [1.54, 1.807) is 0 Å². The second-order valence-electron chi connectivity index (χ2n) is 7.08. The third-order valence-electron chi connectivity index (χ3n) is 5.08. The van der Waals surface area contributed by atoms with Crippen molar-refractivity contribution in [2.75, 3.05) is 40.0 Å². The molecule has 1 aromatic rings. The van der Waals surface area contributed by atoms with E-state index in [-0.39, 0.29) is 18.1 Å². The van der Waals surface area contributed by atoms with Gasteiger partial charge in [0.05, 0.1) is 17.9 Å². The topological polar surface area (TPSA) is 76.8 Å². The van der Waals surface area contributed by atoms with Crippen LogP contribution in [0.5, 0.6) is 0 Å². The standard InChI is InChI=1S/C17H27N3O4/c1-12-15(13(2)24-19-12)7-20-10-17(11-20)5-4-14(8-23-17)6-18-16(21)9-22-3/h14H,4-11H2,1-3H3,(H,18,21). The Hall–Kier alpha value is -1.44. The summed E-state index contributed by atoms with van der Waals surface area (Å²) in [5.41, 5.74) is 2.18. The maximum Gasteiger partial charge on any atom is 0.245 e. The second-order valence-corrected chi connectivity index (χ2v) is 7.08. The van der Waals surface area contributed by atoms with Crippen molar-refractivity contribution in [3.63, 3.8) is 0 Å². The summed E-state index contributed by atoms with van der Waals surface area (Å²) in [4.78, 5) is 13.8. The van der Waals surface area contributed by atoms with Crippen LogP contribution in [0.4, 0.5) is 0 Å². The summed E-state index contributed by atoms with van der Waals surface area (Å²) in [5.74, 6) is 1.24. The van der Waals surface area contributed by atoms with Gasteiger partial charge in [0, 0.05) is 38.9 Å². The zero-order valence-corrected chi connectivity index (χ0v) is 14.8. The van der Waals surface area contributed by atoms with Crippen LogP contribution >= 0.6 is 0 Å². The van der Waals surface area contributed by atoms with Crippen molar-refractivity contribution >= 4 is 5.91 Å². The van der Waals surface area contributed by atoms with Gasteiger partial charge in [0.25, 0.3) is 0 Å². The average Bonchev–Trinajstić information content (AvgIpc) is 2.85. The van der Waals surface area contributed by atoms with Crippen molar-refractivity contribution in [1.82, 2.24) is 15.4 Å². The molecule has 1 aromatic heterocycles. The lowest BCUT2D eigenvalue weighted by Gasteiger charge is -2.53. The second kappa shape index (κ2) is 7.21. The van der Waals surface area contributed by atoms with Crippen molar-refractivity contribution in [1.29, 1.82) is 0 Å². The highest BCUT2D eigenvalue weighted by molar-refractivity contribution is 5.77.